The van der Waals surface area contributed by atoms with Crippen molar-refractivity contribution in [2.45, 2.75) is 13.3 Å². The minimum absolute atomic E-state index is 0.274. The van der Waals surface area contributed by atoms with E-state index in [1.54, 1.807) is 6.92 Å². The molecule has 0 spiro atoms. The lowest BCUT2D eigenvalue weighted by Gasteiger charge is -2.08. The number of alkyl halides is 3. The van der Waals surface area contributed by atoms with Gasteiger partial charge in [0.2, 0.25) is 5.89 Å². The highest BCUT2D eigenvalue weighted by Gasteiger charge is 2.30. The van der Waals surface area contributed by atoms with E-state index >= 15 is 0 Å². The Bertz CT molecular complexity index is 502. The van der Waals surface area contributed by atoms with Crippen LogP contribution in [0.2, 0.25) is 0 Å². The Balaban J connectivity index is 2.19. The zero-order chi connectivity index (χ0) is 12.5. The lowest BCUT2D eigenvalue weighted by Crippen LogP contribution is -2.16. The molecular weight excluding hydrogens is 235 g/mol. The number of rotatable bonds is 2. The third-order valence-corrected chi connectivity index (χ3v) is 1.95. The van der Waals surface area contributed by atoms with Crippen molar-refractivity contribution < 1.29 is 22.3 Å². The molecule has 0 aliphatic rings. The average molecular weight is 243 g/mol. The molecule has 0 atom stereocenters. The first kappa shape index (κ1) is 11.5. The van der Waals surface area contributed by atoms with Gasteiger partial charge in [-0.05, 0) is 31.2 Å². The van der Waals surface area contributed by atoms with Gasteiger partial charge in [0.15, 0.2) is 0 Å². The van der Waals surface area contributed by atoms with Crippen LogP contribution in [-0.4, -0.2) is 11.3 Å². The Morgan fingerprint density at radius 2 is 1.82 bits per heavy atom. The first-order valence-corrected chi connectivity index (χ1v) is 4.72. The molecule has 0 radical (unpaired) electrons. The van der Waals surface area contributed by atoms with Gasteiger partial charge in [-0.15, -0.1) is 13.2 Å². The topological polar surface area (TPSA) is 35.3 Å². The average Bonchev–Trinajstić information content (AvgIpc) is 2.63. The van der Waals surface area contributed by atoms with E-state index in [1.807, 2.05) is 0 Å². The molecular formula is C11H8F3NO2. The number of aryl methyl sites for hydroxylation is 1. The van der Waals surface area contributed by atoms with Crippen LogP contribution in [0.15, 0.2) is 34.9 Å². The van der Waals surface area contributed by atoms with E-state index in [0.717, 1.165) is 0 Å². The fourth-order valence-electron chi connectivity index (χ4n) is 1.29. The zero-order valence-electron chi connectivity index (χ0n) is 8.78. The monoisotopic (exact) mass is 243 g/mol. The van der Waals surface area contributed by atoms with Crippen molar-refractivity contribution in [3.8, 4) is 17.2 Å². The first-order chi connectivity index (χ1) is 7.94. The maximum absolute atomic E-state index is 11.9. The van der Waals surface area contributed by atoms with Crippen LogP contribution < -0.4 is 4.74 Å². The predicted molar refractivity (Wildman–Crippen MR) is 53.4 cm³/mol. The molecule has 0 unspecified atom stereocenters. The van der Waals surface area contributed by atoms with Crippen LogP contribution in [-0.2, 0) is 0 Å². The van der Waals surface area contributed by atoms with Crippen LogP contribution in [0.4, 0.5) is 13.2 Å². The molecule has 1 aromatic heterocycles. The maximum Gasteiger partial charge on any atom is 0.573 e. The van der Waals surface area contributed by atoms with Crippen molar-refractivity contribution in [2.75, 3.05) is 0 Å². The molecule has 0 fully saturated rings. The molecule has 0 bridgehead atoms. The number of oxazole rings is 1. The van der Waals surface area contributed by atoms with Gasteiger partial charge in [-0.25, -0.2) is 4.98 Å². The number of hydrogen-bond donors (Lipinski definition) is 0. The molecule has 0 amide bonds. The highest BCUT2D eigenvalue weighted by molar-refractivity contribution is 5.54. The second-order valence-corrected chi connectivity index (χ2v) is 3.37. The molecule has 2 rings (SSSR count). The van der Waals surface area contributed by atoms with Crippen molar-refractivity contribution in [1.82, 2.24) is 4.98 Å². The van der Waals surface area contributed by atoms with Crippen LogP contribution in [0.5, 0.6) is 5.75 Å². The van der Waals surface area contributed by atoms with Gasteiger partial charge in [0, 0.05) is 5.56 Å². The molecule has 0 N–H and O–H groups in total. The summed E-state index contributed by atoms with van der Waals surface area (Å²) in [5, 5.41) is 0. The quantitative estimate of drug-likeness (QED) is 0.809. The van der Waals surface area contributed by atoms with E-state index in [1.165, 1.54) is 30.5 Å². The highest BCUT2D eigenvalue weighted by atomic mass is 19.4. The summed E-state index contributed by atoms with van der Waals surface area (Å²) >= 11 is 0. The van der Waals surface area contributed by atoms with Gasteiger partial charge in [-0.3, -0.25) is 0 Å². The van der Waals surface area contributed by atoms with Crippen molar-refractivity contribution in [1.29, 1.82) is 0 Å². The van der Waals surface area contributed by atoms with Crippen LogP contribution in [0.1, 0.15) is 5.69 Å². The standard InChI is InChI=1S/C11H8F3NO2/c1-7-6-16-10(15-7)8-2-4-9(5-3-8)17-11(12,13)14/h2-6H,1H3. The molecule has 0 aliphatic heterocycles. The number of nitrogens with zero attached hydrogens (tertiary/aromatic N) is 1. The van der Waals surface area contributed by atoms with Gasteiger partial charge in [0.05, 0.1) is 5.69 Å². The normalized spacial score (nSPS) is 11.5. The molecule has 90 valence electrons. The number of ether oxygens (including phenoxy) is 1. The summed E-state index contributed by atoms with van der Waals surface area (Å²) in [6.45, 7) is 1.76. The van der Waals surface area contributed by atoms with Gasteiger partial charge in [-0.2, -0.15) is 0 Å². The smallest absolute Gasteiger partial charge is 0.444 e. The molecule has 6 heteroatoms. The van der Waals surface area contributed by atoms with Crippen LogP contribution in [0.3, 0.4) is 0 Å². The molecule has 17 heavy (non-hydrogen) atoms. The summed E-state index contributed by atoms with van der Waals surface area (Å²) in [5.41, 5.74) is 1.29. The lowest BCUT2D eigenvalue weighted by molar-refractivity contribution is -0.274. The zero-order valence-corrected chi connectivity index (χ0v) is 8.78. The Hall–Kier alpha value is -1.98. The molecule has 1 aromatic carbocycles. The van der Waals surface area contributed by atoms with E-state index < -0.39 is 6.36 Å². The number of benzene rings is 1. The lowest BCUT2D eigenvalue weighted by atomic mass is 10.2. The predicted octanol–water partition coefficient (Wildman–Crippen LogP) is 3.55. The molecule has 3 nitrogen and oxygen atoms in total. The summed E-state index contributed by atoms with van der Waals surface area (Å²) < 4.78 is 44.6. The molecule has 0 saturated heterocycles. The van der Waals surface area contributed by atoms with E-state index in [9.17, 15) is 13.2 Å². The number of halogens is 3. The van der Waals surface area contributed by atoms with Gasteiger partial charge < -0.3 is 9.15 Å². The van der Waals surface area contributed by atoms with Gasteiger partial charge in [0.1, 0.15) is 12.0 Å². The minimum Gasteiger partial charge on any atom is -0.444 e. The highest BCUT2D eigenvalue weighted by Crippen LogP contribution is 2.25. The summed E-state index contributed by atoms with van der Waals surface area (Å²) in [4.78, 5) is 4.06. The largest absolute Gasteiger partial charge is 0.573 e. The van der Waals surface area contributed by atoms with Gasteiger partial charge >= 0.3 is 6.36 Å². The molecule has 0 aliphatic carbocycles. The Labute approximate surface area is 94.8 Å². The summed E-state index contributed by atoms with van der Waals surface area (Å²) in [5.74, 6) is 0.0885. The van der Waals surface area contributed by atoms with Crippen molar-refractivity contribution in [3.05, 3.63) is 36.2 Å². The Morgan fingerprint density at radius 3 is 2.29 bits per heavy atom. The fraction of sp³-hybridized carbons (Fsp3) is 0.182. The Kier molecular flexibility index (Phi) is 2.79. The van der Waals surface area contributed by atoms with Gasteiger partial charge in [-0.1, -0.05) is 0 Å². The third kappa shape index (κ3) is 2.99. The second kappa shape index (κ2) is 4.12. The maximum atomic E-state index is 11.9. The van der Waals surface area contributed by atoms with E-state index in [-0.39, 0.29) is 5.75 Å². The van der Waals surface area contributed by atoms with E-state index in [2.05, 4.69) is 9.72 Å². The van der Waals surface area contributed by atoms with Crippen molar-refractivity contribution >= 4 is 0 Å². The van der Waals surface area contributed by atoms with Crippen LogP contribution in [0.25, 0.3) is 11.5 Å². The molecule has 2 aromatic rings. The van der Waals surface area contributed by atoms with Crippen LogP contribution >= 0.6 is 0 Å². The van der Waals surface area contributed by atoms with E-state index in [4.69, 9.17) is 4.42 Å². The minimum atomic E-state index is -4.68. The van der Waals surface area contributed by atoms with Gasteiger partial charge in [0.25, 0.3) is 0 Å². The van der Waals surface area contributed by atoms with E-state index in [0.29, 0.717) is 17.1 Å². The first-order valence-electron chi connectivity index (χ1n) is 4.72. The van der Waals surface area contributed by atoms with Crippen molar-refractivity contribution in [2.24, 2.45) is 0 Å². The SMILES string of the molecule is Cc1coc(-c2ccc(OC(F)(F)F)cc2)n1. The summed E-state index contributed by atoms with van der Waals surface area (Å²) in [7, 11) is 0. The molecule has 0 saturated carbocycles. The Morgan fingerprint density at radius 1 is 1.18 bits per heavy atom. The van der Waals surface area contributed by atoms with Crippen LogP contribution in [0, 0.1) is 6.92 Å². The fourth-order valence-corrected chi connectivity index (χ4v) is 1.29. The second-order valence-electron chi connectivity index (χ2n) is 3.37. The summed E-state index contributed by atoms with van der Waals surface area (Å²) in [6.07, 6.45) is -3.21. The number of aromatic nitrogens is 1. The summed E-state index contributed by atoms with van der Waals surface area (Å²) in [6, 6.07) is 5.32. The number of hydrogen-bond acceptors (Lipinski definition) is 3. The third-order valence-electron chi connectivity index (χ3n) is 1.95. The van der Waals surface area contributed by atoms with Crippen molar-refractivity contribution in [3.63, 3.8) is 0 Å². The molecule has 1 heterocycles.